The molecule has 1 nitrogen and oxygen atoms in total. The third-order valence-electron chi connectivity index (χ3n) is 4.40. The van der Waals surface area contributed by atoms with Crippen molar-refractivity contribution in [3.05, 3.63) is 0 Å². The molecule has 0 amide bonds. The van der Waals surface area contributed by atoms with Crippen LogP contribution < -0.4 is 5.32 Å². The first-order valence-electron chi connectivity index (χ1n) is 6.54. The van der Waals surface area contributed by atoms with Gasteiger partial charge in [-0.25, -0.2) is 0 Å². The van der Waals surface area contributed by atoms with Gasteiger partial charge in [0, 0.05) is 0 Å². The second kappa shape index (κ2) is 5.16. The van der Waals surface area contributed by atoms with E-state index in [1.54, 1.807) is 6.42 Å². The number of hydrogen-bond acceptors (Lipinski definition) is 1. The summed E-state index contributed by atoms with van der Waals surface area (Å²) in [4.78, 5) is 0. The van der Waals surface area contributed by atoms with Crippen molar-refractivity contribution in [2.24, 2.45) is 17.8 Å². The SMILES string of the molecule is CNCC1CCC1CC1CCCCC1. The first-order chi connectivity index (χ1) is 6.90. The Morgan fingerprint density at radius 3 is 2.21 bits per heavy atom. The normalized spacial score (nSPS) is 34.1. The Morgan fingerprint density at radius 2 is 1.64 bits per heavy atom. The minimum Gasteiger partial charge on any atom is -0.319 e. The average Bonchev–Trinajstić information content (AvgIpc) is 2.23. The van der Waals surface area contributed by atoms with Crippen molar-refractivity contribution < 1.29 is 0 Å². The maximum absolute atomic E-state index is 3.34. The van der Waals surface area contributed by atoms with Gasteiger partial charge in [0.1, 0.15) is 0 Å². The van der Waals surface area contributed by atoms with E-state index in [-0.39, 0.29) is 0 Å². The Labute approximate surface area is 88.7 Å². The van der Waals surface area contributed by atoms with Crippen LogP contribution in [0.25, 0.3) is 0 Å². The number of nitrogens with one attached hydrogen (secondary N) is 1. The fraction of sp³-hybridized carbons (Fsp3) is 1.00. The predicted octanol–water partition coefficient (Wildman–Crippen LogP) is 3.20. The minimum absolute atomic E-state index is 1.02. The van der Waals surface area contributed by atoms with Crippen LogP contribution in [-0.2, 0) is 0 Å². The van der Waals surface area contributed by atoms with Crippen LogP contribution >= 0.6 is 0 Å². The van der Waals surface area contributed by atoms with E-state index in [9.17, 15) is 0 Å². The Balaban J connectivity index is 1.68. The van der Waals surface area contributed by atoms with Crippen molar-refractivity contribution in [1.29, 1.82) is 0 Å². The van der Waals surface area contributed by atoms with Gasteiger partial charge in [-0.2, -0.15) is 0 Å². The van der Waals surface area contributed by atoms with Crippen molar-refractivity contribution in [3.8, 4) is 0 Å². The van der Waals surface area contributed by atoms with Crippen molar-refractivity contribution >= 4 is 0 Å². The van der Waals surface area contributed by atoms with Gasteiger partial charge in [-0.3, -0.25) is 0 Å². The maximum Gasteiger partial charge on any atom is -0.00209 e. The molecule has 2 unspecified atom stereocenters. The van der Waals surface area contributed by atoms with Gasteiger partial charge in [0.15, 0.2) is 0 Å². The summed E-state index contributed by atoms with van der Waals surface area (Å²) in [6.07, 6.45) is 12.1. The molecule has 0 bridgehead atoms. The molecule has 0 saturated heterocycles. The highest BCUT2D eigenvalue weighted by molar-refractivity contribution is 4.84. The minimum atomic E-state index is 1.02. The summed E-state index contributed by atoms with van der Waals surface area (Å²) in [5.74, 6) is 3.18. The maximum atomic E-state index is 3.34. The quantitative estimate of drug-likeness (QED) is 0.726. The summed E-state index contributed by atoms with van der Waals surface area (Å²) >= 11 is 0. The third-order valence-corrected chi connectivity index (χ3v) is 4.40. The smallest absolute Gasteiger partial charge is 0.00209 e. The summed E-state index contributed by atoms with van der Waals surface area (Å²) < 4.78 is 0. The summed E-state index contributed by atoms with van der Waals surface area (Å²) in [5, 5.41) is 3.34. The van der Waals surface area contributed by atoms with Crippen LogP contribution in [0.4, 0.5) is 0 Å². The molecule has 0 radical (unpaired) electrons. The molecule has 0 aromatic carbocycles. The van der Waals surface area contributed by atoms with Gasteiger partial charge in [0.05, 0.1) is 0 Å². The molecule has 0 aliphatic heterocycles. The molecule has 14 heavy (non-hydrogen) atoms. The zero-order valence-electron chi connectivity index (χ0n) is 9.60. The first-order valence-corrected chi connectivity index (χ1v) is 6.54. The van der Waals surface area contributed by atoms with E-state index in [0.717, 1.165) is 17.8 Å². The van der Waals surface area contributed by atoms with Crippen molar-refractivity contribution in [3.63, 3.8) is 0 Å². The lowest BCUT2D eigenvalue weighted by atomic mass is 9.68. The molecule has 2 fully saturated rings. The van der Waals surface area contributed by atoms with E-state index in [1.807, 2.05) is 0 Å². The summed E-state index contributed by atoms with van der Waals surface area (Å²) in [6.45, 7) is 1.26. The first kappa shape index (κ1) is 10.5. The highest BCUT2D eigenvalue weighted by Gasteiger charge is 2.32. The van der Waals surface area contributed by atoms with Crippen LogP contribution in [0.3, 0.4) is 0 Å². The summed E-state index contributed by atoms with van der Waals surface area (Å²) in [7, 11) is 2.09. The van der Waals surface area contributed by atoms with Crippen molar-refractivity contribution in [1.82, 2.24) is 5.32 Å². The second-order valence-corrected chi connectivity index (χ2v) is 5.39. The Bertz CT molecular complexity index is 161. The fourth-order valence-corrected chi connectivity index (χ4v) is 3.33. The molecule has 82 valence electrons. The Kier molecular flexibility index (Phi) is 3.86. The molecule has 2 saturated carbocycles. The van der Waals surface area contributed by atoms with Gasteiger partial charge in [0.25, 0.3) is 0 Å². The number of hydrogen-bond donors (Lipinski definition) is 1. The second-order valence-electron chi connectivity index (χ2n) is 5.39. The highest BCUT2D eigenvalue weighted by Crippen LogP contribution is 2.41. The fourth-order valence-electron chi connectivity index (χ4n) is 3.33. The lowest BCUT2D eigenvalue weighted by Crippen LogP contribution is -2.35. The molecule has 2 atom stereocenters. The zero-order valence-corrected chi connectivity index (χ0v) is 9.60. The van der Waals surface area contributed by atoms with E-state index >= 15 is 0 Å². The molecule has 0 heterocycles. The van der Waals surface area contributed by atoms with E-state index in [0.29, 0.717) is 0 Å². The Morgan fingerprint density at radius 1 is 0.929 bits per heavy atom. The lowest BCUT2D eigenvalue weighted by Gasteiger charge is -2.39. The van der Waals surface area contributed by atoms with Crippen LogP contribution in [0, 0.1) is 17.8 Å². The van der Waals surface area contributed by atoms with Crippen LogP contribution in [-0.4, -0.2) is 13.6 Å². The topological polar surface area (TPSA) is 12.0 Å². The zero-order chi connectivity index (χ0) is 9.80. The summed E-state index contributed by atoms with van der Waals surface area (Å²) in [6, 6.07) is 0. The molecular weight excluding hydrogens is 170 g/mol. The van der Waals surface area contributed by atoms with E-state index in [4.69, 9.17) is 0 Å². The standard InChI is InChI=1S/C13H25N/c1-14-10-13-8-7-12(13)9-11-5-3-2-4-6-11/h11-14H,2-10H2,1H3. The molecule has 1 heteroatoms. The van der Waals surface area contributed by atoms with E-state index in [1.165, 1.54) is 51.5 Å². The molecule has 0 aromatic heterocycles. The van der Waals surface area contributed by atoms with Crippen LogP contribution in [0.1, 0.15) is 51.4 Å². The molecule has 2 aliphatic rings. The number of rotatable bonds is 4. The predicted molar refractivity (Wildman–Crippen MR) is 61.3 cm³/mol. The largest absolute Gasteiger partial charge is 0.319 e. The van der Waals surface area contributed by atoms with Gasteiger partial charge in [0.2, 0.25) is 0 Å². The van der Waals surface area contributed by atoms with Gasteiger partial charge < -0.3 is 5.32 Å². The van der Waals surface area contributed by atoms with Gasteiger partial charge >= 0.3 is 0 Å². The molecule has 0 spiro atoms. The van der Waals surface area contributed by atoms with Crippen molar-refractivity contribution in [2.45, 2.75) is 51.4 Å². The lowest BCUT2D eigenvalue weighted by molar-refractivity contribution is 0.127. The van der Waals surface area contributed by atoms with Gasteiger partial charge in [-0.1, -0.05) is 32.1 Å². The molecule has 0 aromatic rings. The van der Waals surface area contributed by atoms with Gasteiger partial charge in [-0.05, 0) is 50.6 Å². The monoisotopic (exact) mass is 195 g/mol. The van der Waals surface area contributed by atoms with Crippen LogP contribution in [0.5, 0.6) is 0 Å². The van der Waals surface area contributed by atoms with Crippen LogP contribution in [0.15, 0.2) is 0 Å². The third kappa shape index (κ3) is 2.50. The van der Waals surface area contributed by atoms with Crippen molar-refractivity contribution in [2.75, 3.05) is 13.6 Å². The van der Waals surface area contributed by atoms with E-state index < -0.39 is 0 Å². The molecular formula is C13H25N. The molecule has 2 rings (SSSR count). The average molecular weight is 195 g/mol. The van der Waals surface area contributed by atoms with Gasteiger partial charge in [-0.15, -0.1) is 0 Å². The molecule has 1 N–H and O–H groups in total. The Hall–Kier alpha value is -0.0400. The highest BCUT2D eigenvalue weighted by atomic mass is 14.8. The van der Waals surface area contributed by atoms with E-state index in [2.05, 4.69) is 12.4 Å². The summed E-state index contributed by atoms with van der Waals surface area (Å²) in [5.41, 5.74) is 0. The molecule has 2 aliphatic carbocycles. The van der Waals surface area contributed by atoms with Crippen LogP contribution in [0.2, 0.25) is 0 Å².